The SMILES string of the molecule is CCNC1CC(c2cc(Br)c(Cl)s2)Oc2ccccc21. The van der Waals surface area contributed by atoms with E-state index in [0.29, 0.717) is 6.04 Å². The average Bonchev–Trinajstić information content (AvgIpc) is 2.79. The zero-order chi connectivity index (χ0) is 14.1. The first kappa shape index (κ1) is 14.4. The fraction of sp³-hybridized carbons (Fsp3) is 0.333. The Morgan fingerprint density at radius 2 is 2.25 bits per heavy atom. The van der Waals surface area contributed by atoms with Crippen molar-refractivity contribution >= 4 is 38.9 Å². The number of nitrogens with one attached hydrogen (secondary N) is 1. The van der Waals surface area contributed by atoms with E-state index in [1.165, 1.54) is 10.4 Å². The lowest BCUT2D eigenvalue weighted by atomic mass is 9.96. The first-order valence-electron chi connectivity index (χ1n) is 6.62. The van der Waals surface area contributed by atoms with Crippen LogP contribution < -0.4 is 10.1 Å². The maximum Gasteiger partial charge on any atom is 0.135 e. The van der Waals surface area contributed by atoms with Crippen molar-refractivity contribution in [1.29, 1.82) is 0 Å². The summed E-state index contributed by atoms with van der Waals surface area (Å²) in [6.07, 6.45) is 0.983. The molecule has 0 fully saturated rings. The van der Waals surface area contributed by atoms with Crippen LogP contribution in [0.2, 0.25) is 4.34 Å². The Bertz CT molecular complexity index is 596. The first-order valence-corrected chi connectivity index (χ1v) is 8.61. The van der Waals surface area contributed by atoms with Gasteiger partial charge in [-0.1, -0.05) is 36.7 Å². The Balaban J connectivity index is 1.93. The highest BCUT2D eigenvalue weighted by molar-refractivity contribution is 9.10. The molecule has 1 aromatic heterocycles. The third-order valence-electron chi connectivity index (χ3n) is 3.45. The highest BCUT2D eigenvalue weighted by Crippen LogP contribution is 2.44. The lowest BCUT2D eigenvalue weighted by molar-refractivity contribution is 0.155. The molecule has 2 aromatic rings. The zero-order valence-electron chi connectivity index (χ0n) is 11.0. The number of hydrogen-bond donors (Lipinski definition) is 1. The van der Waals surface area contributed by atoms with Crippen molar-refractivity contribution in [3.05, 3.63) is 49.6 Å². The molecule has 1 N–H and O–H groups in total. The van der Waals surface area contributed by atoms with Crippen molar-refractivity contribution in [2.45, 2.75) is 25.5 Å². The number of rotatable bonds is 3. The molecule has 1 aliphatic heterocycles. The minimum absolute atomic E-state index is 0.0581. The molecule has 0 amide bonds. The Morgan fingerprint density at radius 1 is 1.45 bits per heavy atom. The van der Waals surface area contributed by atoms with E-state index in [1.807, 2.05) is 12.1 Å². The molecule has 20 heavy (non-hydrogen) atoms. The van der Waals surface area contributed by atoms with Gasteiger partial charge < -0.3 is 10.1 Å². The van der Waals surface area contributed by atoms with Crippen LogP contribution in [-0.4, -0.2) is 6.54 Å². The summed E-state index contributed by atoms with van der Waals surface area (Å²) in [5.41, 5.74) is 1.24. The van der Waals surface area contributed by atoms with Crippen molar-refractivity contribution in [3.63, 3.8) is 0 Å². The third kappa shape index (κ3) is 2.75. The second kappa shape index (κ2) is 6.06. The number of halogens is 2. The molecule has 0 spiro atoms. The summed E-state index contributed by atoms with van der Waals surface area (Å²) in [6, 6.07) is 10.6. The van der Waals surface area contributed by atoms with E-state index in [1.54, 1.807) is 11.3 Å². The molecule has 0 saturated carbocycles. The Labute approximate surface area is 136 Å². The monoisotopic (exact) mass is 371 g/mol. The standard InChI is InChI=1S/C15H15BrClNOS/c1-2-18-11-8-13(14-7-10(16)15(17)20-14)19-12-6-4-3-5-9(11)12/h3-7,11,13,18H,2,8H2,1H3. The van der Waals surface area contributed by atoms with Gasteiger partial charge in [-0.05, 0) is 34.6 Å². The van der Waals surface area contributed by atoms with Crippen LogP contribution in [0.1, 0.15) is 35.9 Å². The number of benzene rings is 1. The van der Waals surface area contributed by atoms with Gasteiger partial charge in [0.25, 0.3) is 0 Å². The van der Waals surface area contributed by atoms with Crippen LogP contribution in [0.15, 0.2) is 34.8 Å². The highest BCUT2D eigenvalue weighted by Gasteiger charge is 2.29. The smallest absolute Gasteiger partial charge is 0.135 e. The minimum atomic E-state index is 0.0581. The normalized spacial score (nSPS) is 21.4. The summed E-state index contributed by atoms with van der Waals surface area (Å²) in [6.45, 7) is 3.08. The van der Waals surface area contributed by atoms with Gasteiger partial charge in [-0.2, -0.15) is 0 Å². The van der Waals surface area contributed by atoms with Crippen LogP contribution in [0, 0.1) is 0 Å². The molecule has 2 nitrogen and oxygen atoms in total. The Morgan fingerprint density at radius 3 is 2.95 bits per heavy atom. The van der Waals surface area contributed by atoms with Gasteiger partial charge in [0.05, 0.1) is 0 Å². The molecule has 106 valence electrons. The molecule has 1 aliphatic rings. The second-order valence-corrected chi connectivity index (χ2v) is 7.30. The maximum absolute atomic E-state index is 6.15. The predicted molar refractivity (Wildman–Crippen MR) is 87.9 cm³/mol. The molecule has 2 unspecified atom stereocenters. The van der Waals surface area contributed by atoms with Crippen LogP contribution in [-0.2, 0) is 0 Å². The summed E-state index contributed by atoms with van der Waals surface area (Å²) < 4.78 is 7.88. The lowest BCUT2D eigenvalue weighted by Gasteiger charge is -2.32. The molecule has 0 saturated heterocycles. The zero-order valence-corrected chi connectivity index (χ0v) is 14.2. The van der Waals surface area contributed by atoms with Gasteiger partial charge in [0, 0.05) is 27.4 Å². The Kier molecular flexibility index (Phi) is 4.36. The first-order chi connectivity index (χ1) is 9.69. The van der Waals surface area contributed by atoms with Gasteiger partial charge in [0.15, 0.2) is 0 Å². The number of ether oxygens (including phenoxy) is 1. The molecule has 0 bridgehead atoms. The summed E-state index contributed by atoms with van der Waals surface area (Å²) >= 11 is 11.2. The molecular formula is C15H15BrClNOS. The van der Waals surface area contributed by atoms with Crippen LogP contribution in [0.5, 0.6) is 5.75 Å². The number of para-hydroxylation sites is 1. The minimum Gasteiger partial charge on any atom is -0.484 e. The van der Waals surface area contributed by atoms with Gasteiger partial charge >= 0.3 is 0 Å². The van der Waals surface area contributed by atoms with Crippen molar-refractivity contribution in [2.24, 2.45) is 0 Å². The van der Waals surface area contributed by atoms with Gasteiger partial charge in [-0.3, -0.25) is 0 Å². The number of thiophene rings is 1. The average molecular weight is 373 g/mol. The molecule has 2 atom stereocenters. The molecule has 1 aromatic carbocycles. The van der Waals surface area contributed by atoms with Crippen molar-refractivity contribution in [3.8, 4) is 5.75 Å². The summed E-state index contributed by atoms with van der Waals surface area (Å²) in [5.74, 6) is 0.968. The van der Waals surface area contributed by atoms with Crippen LogP contribution >= 0.6 is 38.9 Å². The quantitative estimate of drug-likeness (QED) is 0.785. The topological polar surface area (TPSA) is 21.3 Å². The van der Waals surface area contributed by atoms with E-state index in [0.717, 1.165) is 27.5 Å². The number of fused-ring (bicyclic) bond motifs is 1. The molecule has 0 radical (unpaired) electrons. The van der Waals surface area contributed by atoms with Gasteiger partial charge in [0.2, 0.25) is 0 Å². The maximum atomic E-state index is 6.15. The van der Waals surface area contributed by atoms with Gasteiger partial charge in [0.1, 0.15) is 16.2 Å². The van der Waals surface area contributed by atoms with Gasteiger partial charge in [-0.25, -0.2) is 0 Å². The van der Waals surface area contributed by atoms with Gasteiger partial charge in [-0.15, -0.1) is 11.3 Å². The van der Waals surface area contributed by atoms with Crippen LogP contribution in [0.25, 0.3) is 0 Å². The van der Waals surface area contributed by atoms with E-state index in [4.69, 9.17) is 16.3 Å². The molecule has 0 aliphatic carbocycles. The molecular weight excluding hydrogens is 358 g/mol. The van der Waals surface area contributed by atoms with E-state index < -0.39 is 0 Å². The summed E-state index contributed by atoms with van der Waals surface area (Å²) in [4.78, 5) is 1.17. The van der Waals surface area contributed by atoms with Crippen molar-refractivity contribution in [1.82, 2.24) is 5.32 Å². The lowest BCUT2D eigenvalue weighted by Crippen LogP contribution is -2.28. The van der Waals surface area contributed by atoms with Crippen LogP contribution in [0.3, 0.4) is 0 Å². The van der Waals surface area contributed by atoms with E-state index in [9.17, 15) is 0 Å². The highest BCUT2D eigenvalue weighted by atomic mass is 79.9. The molecule has 2 heterocycles. The summed E-state index contributed by atoms with van der Waals surface area (Å²) in [5, 5.41) is 3.54. The number of hydrogen-bond acceptors (Lipinski definition) is 3. The predicted octanol–water partition coefficient (Wildman–Crippen LogP) is 5.34. The molecule has 5 heteroatoms. The van der Waals surface area contributed by atoms with Crippen LogP contribution in [0.4, 0.5) is 0 Å². The van der Waals surface area contributed by atoms with E-state index in [2.05, 4.69) is 46.4 Å². The van der Waals surface area contributed by atoms with E-state index in [-0.39, 0.29) is 6.10 Å². The largest absolute Gasteiger partial charge is 0.484 e. The fourth-order valence-corrected chi connectivity index (χ4v) is 4.33. The fourth-order valence-electron chi connectivity index (χ4n) is 2.55. The van der Waals surface area contributed by atoms with Crippen molar-refractivity contribution in [2.75, 3.05) is 6.54 Å². The third-order valence-corrected chi connectivity index (χ3v) is 6.01. The summed E-state index contributed by atoms with van der Waals surface area (Å²) in [7, 11) is 0. The van der Waals surface area contributed by atoms with Crippen molar-refractivity contribution < 1.29 is 4.74 Å². The van der Waals surface area contributed by atoms with E-state index >= 15 is 0 Å². The second-order valence-electron chi connectivity index (χ2n) is 4.76. The molecule has 3 rings (SSSR count). The Hall–Kier alpha value is -0.550.